The van der Waals surface area contributed by atoms with Crippen LogP contribution in [0.3, 0.4) is 0 Å². The molecule has 1 fully saturated rings. The molecule has 9 nitrogen and oxygen atoms in total. The van der Waals surface area contributed by atoms with E-state index >= 15 is 0 Å². The van der Waals surface area contributed by atoms with Crippen molar-refractivity contribution in [3.8, 4) is 5.75 Å². The maximum atomic E-state index is 14.3. The summed E-state index contributed by atoms with van der Waals surface area (Å²) in [6, 6.07) is 12.0. The Kier molecular flexibility index (Phi) is 12.4. The fourth-order valence-corrected chi connectivity index (χ4v) is 10.6. The minimum atomic E-state index is -2.14. The van der Waals surface area contributed by atoms with E-state index in [1.54, 1.807) is 32.7 Å². The van der Waals surface area contributed by atoms with Gasteiger partial charge in [0.25, 0.3) is 0 Å². The van der Waals surface area contributed by atoms with Crippen molar-refractivity contribution in [2.24, 2.45) is 11.8 Å². The number of benzene rings is 2. The quantitative estimate of drug-likeness (QED) is 0.168. The molecule has 2 bridgehead atoms. The molecule has 57 heavy (non-hydrogen) atoms. The fraction of sp³-hybridized carbons (Fsp3) is 0.630. The Bertz CT molecular complexity index is 1870. The number of ether oxygens (including phenoxy) is 3. The summed E-state index contributed by atoms with van der Waals surface area (Å²) in [6.45, 7) is 19.3. The molecule has 1 spiro atoms. The second-order valence-electron chi connectivity index (χ2n) is 19.7. The molecule has 2 aliphatic heterocycles. The normalized spacial score (nSPS) is 27.6. The van der Waals surface area contributed by atoms with Crippen LogP contribution in [-0.2, 0) is 45.5 Å². The molecule has 0 saturated heterocycles. The predicted molar refractivity (Wildman–Crippen MR) is 229 cm³/mol. The highest BCUT2D eigenvalue weighted by Crippen LogP contribution is 2.49. The maximum absolute atomic E-state index is 14.3. The number of carbonyl (C=O) groups excluding carboxylic acids is 3. The van der Waals surface area contributed by atoms with Crippen molar-refractivity contribution >= 4 is 43.5 Å². The van der Waals surface area contributed by atoms with E-state index in [4.69, 9.17) is 30.2 Å². The van der Waals surface area contributed by atoms with E-state index in [0.717, 1.165) is 49.4 Å². The van der Waals surface area contributed by atoms with Crippen molar-refractivity contribution in [1.29, 1.82) is 0 Å². The molecule has 1 amide bonds. The van der Waals surface area contributed by atoms with Gasteiger partial charge in [-0.1, -0.05) is 56.7 Å². The number of anilines is 1. The lowest BCUT2D eigenvalue weighted by atomic mass is 9.68. The smallest absolute Gasteiger partial charge is 0.317 e. The van der Waals surface area contributed by atoms with E-state index in [1.165, 1.54) is 18.2 Å². The van der Waals surface area contributed by atoms with Crippen LogP contribution in [0.1, 0.15) is 103 Å². The van der Waals surface area contributed by atoms with Crippen molar-refractivity contribution in [2.45, 2.75) is 134 Å². The third-order valence-corrected chi connectivity index (χ3v) is 18.2. The van der Waals surface area contributed by atoms with Gasteiger partial charge in [-0.25, -0.2) is 0 Å². The van der Waals surface area contributed by atoms with Gasteiger partial charge in [-0.2, -0.15) is 0 Å². The van der Waals surface area contributed by atoms with Gasteiger partial charge in [0.15, 0.2) is 8.32 Å². The Hall–Kier alpha value is -3.34. The minimum Gasteiger partial charge on any atom is -0.490 e. The van der Waals surface area contributed by atoms with Crippen LogP contribution in [-0.4, -0.2) is 83.2 Å². The zero-order valence-electron chi connectivity index (χ0n) is 36.0. The highest BCUT2D eigenvalue weighted by Gasteiger charge is 2.50. The van der Waals surface area contributed by atoms with E-state index in [1.807, 2.05) is 24.3 Å². The predicted octanol–water partition coefficient (Wildman–Crippen LogP) is 9.18. The zero-order valence-corrected chi connectivity index (χ0v) is 37.7. The largest absolute Gasteiger partial charge is 0.490 e. The van der Waals surface area contributed by atoms with Crippen LogP contribution in [0.25, 0.3) is 0 Å². The number of amides is 1. The summed E-state index contributed by atoms with van der Waals surface area (Å²) >= 11 is 6.55. The Labute approximate surface area is 346 Å². The van der Waals surface area contributed by atoms with Gasteiger partial charge in [0.05, 0.1) is 31.9 Å². The Morgan fingerprint density at radius 1 is 1.05 bits per heavy atom. The first-order valence-corrected chi connectivity index (χ1v) is 24.2. The molecule has 1 saturated carbocycles. The molecule has 2 heterocycles. The first kappa shape index (κ1) is 43.2. The maximum Gasteiger partial charge on any atom is 0.317 e. The number of esters is 2. The summed E-state index contributed by atoms with van der Waals surface area (Å²) in [5.74, 6) is -0.136. The number of nitrogens with zero attached hydrogens (tertiary/aromatic N) is 2. The average Bonchev–Trinajstić information content (AvgIpc) is 3.25. The monoisotopic (exact) mass is 820 g/mol. The second kappa shape index (κ2) is 16.4. The third kappa shape index (κ3) is 9.13. The molecular weight excluding hydrogens is 756 g/mol. The summed E-state index contributed by atoms with van der Waals surface area (Å²) in [4.78, 5) is 46.4. The van der Waals surface area contributed by atoms with Gasteiger partial charge in [0.2, 0.25) is 5.91 Å². The lowest BCUT2D eigenvalue weighted by molar-refractivity contribution is -0.163. The zero-order chi connectivity index (χ0) is 41.6. The lowest BCUT2D eigenvalue weighted by Crippen LogP contribution is -2.52. The van der Waals surface area contributed by atoms with Crippen molar-refractivity contribution in [2.75, 3.05) is 45.3 Å². The van der Waals surface area contributed by atoms with Gasteiger partial charge in [-0.15, -0.1) is 0 Å². The summed E-state index contributed by atoms with van der Waals surface area (Å²) < 4.78 is 25.4. The summed E-state index contributed by atoms with van der Waals surface area (Å²) in [7, 11) is 0.926. The molecule has 2 aromatic rings. The van der Waals surface area contributed by atoms with Gasteiger partial charge in [-0.3, -0.25) is 14.4 Å². The number of carbonyl (C=O) groups is 3. The lowest BCUT2D eigenvalue weighted by Gasteiger charge is -2.48. The summed E-state index contributed by atoms with van der Waals surface area (Å²) in [6.07, 6.45) is 9.46. The van der Waals surface area contributed by atoms with Crippen LogP contribution >= 0.6 is 11.6 Å². The highest BCUT2D eigenvalue weighted by atomic mass is 35.5. The van der Waals surface area contributed by atoms with Crippen molar-refractivity contribution in [3.05, 3.63) is 70.3 Å². The van der Waals surface area contributed by atoms with Crippen LogP contribution in [0.5, 0.6) is 5.75 Å². The molecule has 312 valence electrons. The number of fused-ring (bicyclic) bond motifs is 4. The number of aryl methyl sites for hydroxylation is 1. The van der Waals surface area contributed by atoms with E-state index in [9.17, 15) is 14.4 Å². The topological polar surface area (TPSA) is 94.6 Å². The van der Waals surface area contributed by atoms with E-state index in [2.05, 4.69) is 63.0 Å². The molecular formula is C46H65ClN2O7Si. The van der Waals surface area contributed by atoms with Gasteiger partial charge in [0, 0.05) is 43.5 Å². The molecule has 0 aromatic heterocycles. The molecule has 11 heteroatoms. The molecule has 0 radical (unpaired) electrons. The molecule has 4 aliphatic rings. The van der Waals surface area contributed by atoms with Crippen LogP contribution < -0.4 is 9.64 Å². The van der Waals surface area contributed by atoms with Crippen LogP contribution in [0.2, 0.25) is 23.2 Å². The highest BCUT2D eigenvalue weighted by molar-refractivity contribution is 6.74. The molecule has 2 aromatic carbocycles. The van der Waals surface area contributed by atoms with Gasteiger partial charge in [-0.05, 0) is 130 Å². The Morgan fingerprint density at radius 3 is 2.47 bits per heavy atom. The molecule has 5 atom stereocenters. The fourth-order valence-electron chi connectivity index (χ4n) is 9.10. The molecule has 1 unspecified atom stereocenters. The first-order valence-electron chi connectivity index (χ1n) is 20.9. The van der Waals surface area contributed by atoms with Crippen LogP contribution in [0.4, 0.5) is 5.69 Å². The van der Waals surface area contributed by atoms with Crippen molar-refractivity contribution in [3.63, 3.8) is 0 Å². The van der Waals surface area contributed by atoms with Crippen molar-refractivity contribution < 1.29 is 33.0 Å². The average molecular weight is 822 g/mol. The van der Waals surface area contributed by atoms with Gasteiger partial charge < -0.3 is 28.4 Å². The molecule has 2 aliphatic carbocycles. The number of methoxy groups -OCH3 is 1. The molecule has 6 rings (SSSR count). The Balaban J connectivity index is 1.51. The SMILES string of the molecule is COC(=O)C1(CC(=O)OC(C)(C)C)CC(=O)N(C)CC/C=C/[C@H](O[Si](C)(C)C(C)(C)C)[C@@H]2CC[C@H]2CN2C[C@@]3(CCCc4cc(Cl)ccc43)COc3ccc1cc32. The van der Waals surface area contributed by atoms with E-state index in [-0.39, 0.29) is 35.3 Å². The van der Waals surface area contributed by atoms with Crippen molar-refractivity contribution in [1.82, 2.24) is 4.90 Å². The number of hydrogen-bond donors (Lipinski definition) is 0. The summed E-state index contributed by atoms with van der Waals surface area (Å²) in [5, 5.41) is 0.787. The standard InChI is InChI=1S/C46H65ClN2O7Si/c1-43(2,3)55-41(51)27-46(42(52)53-8)26-40(50)48(7)23-12-11-15-38(56-57(9,10)44(4,5)6)35-19-16-32(35)28-49-29-45(30-54-39-21-17-33(46)25-37(39)49)22-13-14-31-24-34(47)18-20-36(31)45/h11,15,17-18,20-21,24-25,32,35,38H,12-14,16,19,22-23,26-30H2,1-10H3/b15-11+/t32-,35+,38-,45-,46?/m0/s1. The van der Waals surface area contributed by atoms with Gasteiger partial charge >= 0.3 is 11.9 Å². The van der Waals surface area contributed by atoms with Gasteiger partial charge in [0.1, 0.15) is 16.8 Å². The van der Waals surface area contributed by atoms with Crippen LogP contribution in [0, 0.1) is 11.8 Å². The first-order chi connectivity index (χ1) is 26.7. The van der Waals surface area contributed by atoms with Crippen LogP contribution in [0.15, 0.2) is 48.6 Å². The Morgan fingerprint density at radius 2 is 1.81 bits per heavy atom. The summed E-state index contributed by atoms with van der Waals surface area (Å²) in [5.41, 5.74) is 1.17. The number of halogens is 1. The van der Waals surface area contributed by atoms with E-state index in [0.29, 0.717) is 49.3 Å². The number of rotatable bonds is 5. The minimum absolute atomic E-state index is 0.0418. The molecule has 0 N–H and O–H groups in total. The third-order valence-electron chi connectivity index (χ3n) is 13.5. The second-order valence-corrected chi connectivity index (χ2v) is 24.9. The number of hydrogen-bond acceptors (Lipinski definition) is 8. The van der Waals surface area contributed by atoms with E-state index < -0.39 is 31.3 Å².